The van der Waals surface area contributed by atoms with E-state index in [0.29, 0.717) is 12.2 Å². The van der Waals surface area contributed by atoms with Gasteiger partial charge in [-0.25, -0.2) is 4.39 Å². The van der Waals surface area contributed by atoms with Crippen LogP contribution in [0.1, 0.15) is 24.5 Å². The van der Waals surface area contributed by atoms with E-state index in [-0.39, 0.29) is 15.6 Å². The molecule has 4 heteroatoms. The summed E-state index contributed by atoms with van der Waals surface area (Å²) in [4.78, 5) is 0. The van der Waals surface area contributed by atoms with Crippen LogP contribution in [-0.2, 0) is 0 Å². The molecular formula is C12H15Cl2FO. The van der Waals surface area contributed by atoms with Crippen LogP contribution >= 0.6 is 23.2 Å². The fraction of sp³-hybridized carbons (Fsp3) is 0.333. The molecule has 1 aromatic rings. The summed E-state index contributed by atoms with van der Waals surface area (Å²) in [5.74, 6) is -0.503. The van der Waals surface area contributed by atoms with Gasteiger partial charge in [0, 0.05) is 17.2 Å². The van der Waals surface area contributed by atoms with Crippen LogP contribution in [0.15, 0.2) is 18.7 Å². The van der Waals surface area contributed by atoms with Gasteiger partial charge in [0.15, 0.2) is 5.82 Å². The van der Waals surface area contributed by atoms with E-state index in [9.17, 15) is 4.39 Å². The zero-order chi connectivity index (χ0) is 12.7. The maximum absolute atomic E-state index is 13.2. The molecule has 90 valence electrons. The van der Waals surface area contributed by atoms with Gasteiger partial charge in [0.05, 0.1) is 5.02 Å². The number of aliphatic hydroxyl groups excluding tert-OH is 1. The number of aliphatic hydroxyl groups is 1. The highest BCUT2D eigenvalue weighted by atomic mass is 35.5. The van der Waals surface area contributed by atoms with Crippen molar-refractivity contribution in [3.8, 4) is 0 Å². The van der Waals surface area contributed by atoms with Crippen molar-refractivity contribution in [2.24, 2.45) is 0 Å². The standard InChI is InChI=1S/C9H7Cl2F.C3H8O/c1-5-3-4-7(6(2)10)9(12)8(5)11;1-2-3-4/h3-4H,2H2,1H3;4H,2-3H2,1H3. The molecule has 0 aliphatic rings. The molecule has 0 bridgehead atoms. The Morgan fingerprint density at radius 3 is 2.38 bits per heavy atom. The Morgan fingerprint density at radius 2 is 2.00 bits per heavy atom. The highest BCUT2D eigenvalue weighted by Gasteiger charge is 2.09. The predicted octanol–water partition coefficient (Wildman–Crippen LogP) is 4.39. The fourth-order valence-corrected chi connectivity index (χ4v) is 1.17. The van der Waals surface area contributed by atoms with Crippen LogP contribution in [-0.4, -0.2) is 11.7 Å². The van der Waals surface area contributed by atoms with Gasteiger partial charge in [-0.15, -0.1) is 0 Å². The maximum Gasteiger partial charge on any atom is 0.150 e. The van der Waals surface area contributed by atoms with Gasteiger partial charge >= 0.3 is 0 Å². The first-order chi connectivity index (χ1) is 7.45. The van der Waals surface area contributed by atoms with Gasteiger partial charge in [-0.2, -0.15) is 0 Å². The first kappa shape index (κ1) is 15.4. The van der Waals surface area contributed by atoms with E-state index in [1.54, 1.807) is 19.1 Å². The molecule has 0 heterocycles. The van der Waals surface area contributed by atoms with E-state index in [1.165, 1.54) is 0 Å². The molecule has 0 amide bonds. The zero-order valence-electron chi connectivity index (χ0n) is 9.36. The van der Waals surface area contributed by atoms with Crippen LogP contribution in [0.25, 0.3) is 5.03 Å². The minimum atomic E-state index is -0.503. The van der Waals surface area contributed by atoms with E-state index in [1.807, 2.05) is 6.92 Å². The van der Waals surface area contributed by atoms with Crippen molar-refractivity contribution in [2.75, 3.05) is 6.61 Å². The largest absolute Gasteiger partial charge is 0.396 e. The second-order valence-electron chi connectivity index (χ2n) is 3.19. The third-order valence-corrected chi connectivity index (χ3v) is 2.46. The molecule has 0 spiro atoms. The number of rotatable bonds is 2. The van der Waals surface area contributed by atoms with E-state index >= 15 is 0 Å². The van der Waals surface area contributed by atoms with E-state index in [4.69, 9.17) is 28.3 Å². The van der Waals surface area contributed by atoms with Crippen LogP contribution in [0.5, 0.6) is 0 Å². The summed E-state index contributed by atoms with van der Waals surface area (Å²) in [7, 11) is 0. The number of aryl methyl sites for hydroxylation is 1. The van der Waals surface area contributed by atoms with Gasteiger partial charge in [-0.3, -0.25) is 0 Å². The smallest absolute Gasteiger partial charge is 0.150 e. The number of benzene rings is 1. The van der Waals surface area contributed by atoms with E-state index in [0.717, 1.165) is 6.42 Å². The molecule has 0 aromatic heterocycles. The third-order valence-electron chi connectivity index (χ3n) is 1.79. The topological polar surface area (TPSA) is 20.2 Å². The van der Waals surface area contributed by atoms with Crippen LogP contribution in [0.2, 0.25) is 5.02 Å². The molecule has 0 saturated heterocycles. The molecule has 0 unspecified atom stereocenters. The summed E-state index contributed by atoms with van der Waals surface area (Å²) in [5, 5.41) is 8.14. The average Bonchev–Trinajstić information content (AvgIpc) is 2.26. The fourth-order valence-electron chi connectivity index (χ4n) is 0.856. The van der Waals surface area contributed by atoms with Crippen molar-refractivity contribution in [1.29, 1.82) is 0 Å². The minimum absolute atomic E-state index is 0.106. The van der Waals surface area contributed by atoms with Crippen molar-refractivity contribution in [3.63, 3.8) is 0 Å². The Morgan fingerprint density at radius 1 is 1.50 bits per heavy atom. The Balaban J connectivity index is 0.000000487. The molecule has 1 aromatic carbocycles. The van der Waals surface area contributed by atoms with Crippen LogP contribution in [0.4, 0.5) is 4.39 Å². The first-order valence-corrected chi connectivity index (χ1v) is 5.61. The molecule has 0 atom stereocenters. The van der Waals surface area contributed by atoms with E-state index in [2.05, 4.69) is 6.58 Å². The van der Waals surface area contributed by atoms with Gasteiger partial charge < -0.3 is 5.11 Å². The molecule has 1 nitrogen and oxygen atoms in total. The Bertz CT molecular complexity index is 362. The van der Waals surface area contributed by atoms with Gasteiger partial charge in [-0.1, -0.05) is 48.8 Å². The van der Waals surface area contributed by atoms with E-state index < -0.39 is 5.82 Å². The molecule has 0 aliphatic heterocycles. The van der Waals surface area contributed by atoms with Crippen molar-refractivity contribution >= 4 is 28.2 Å². The summed E-state index contributed by atoms with van der Waals surface area (Å²) >= 11 is 11.2. The van der Waals surface area contributed by atoms with Crippen molar-refractivity contribution in [3.05, 3.63) is 40.7 Å². The van der Waals surface area contributed by atoms with Crippen molar-refractivity contribution < 1.29 is 9.50 Å². The predicted molar refractivity (Wildman–Crippen MR) is 68.4 cm³/mol. The molecule has 1 rings (SSSR count). The SMILES string of the molecule is C=C(Cl)c1ccc(C)c(Cl)c1F.CCCO. The number of halogens is 3. The first-order valence-electron chi connectivity index (χ1n) is 4.85. The highest BCUT2D eigenvalue weighted by Crippen LogP contribution is 2.27. The molecular weight excluding hydrogens is 250 g/mol. The lowest BCUT2D eigenvalue weighted by Gasteiger charge is -2.04. The number of hydrogen-bond donors (Lipinski definition) is 1. The average molecular weight is 265 g/mol. The second-order valence-corrected chi connectivity index (χ2v) is 4.02. The summed E-state index contributed by atoms with van der Waals surface area (Å²) in [6, 6.07) is 3.26. The van der Waals surface area contributed by atoms with Crippen molar-refractivity contribution in [2.45, 2.75) is 20.3 Å². The van der Waals surface area contributed by atoms with Gasteiger partial charge in [0.25, 0.3) is 0 Å². The molecule has 16 heavy (non-hydrogen) atoms. The summed E-state index contributed by atoms with van der Waals surface area (Å²) in [6.07, 6.45) is 0.875. The Hall–Kier alpha value is -0.570. The minimum Gasteiger partial charge on any atom is -0.396 e. The Labute approximate surface area is 106 Å². The lowest BCUT2D eigenvalue weighted by Crippen LogP contribution is -1.88. The van der Waals surface area contributed by atoms with Gasteiger partial charge in [-0.05, 0) is 18.9 Å². The van der Waals surface area contributed by atoms with Gasteiger partial charge in [0.1, 0.15) is 0 Å². The monoisotopic (exact) mass is 264 g/mol. The zero-order valence-corrected chi connectivity index (χ0v) is 10.9. The Kier molecular flexibility index (Phi) is 7.39. The van der Waals surface area contributed by atoms with Crippen LogP contribution < -0.4 is 0 Å². The molecule has 1 N–H and O–H groups in total. The summed E-state index contributed by atoms with van der Waals surface area (Å²) < 4.78 is 13.2. The molecule has 0 radical (unpaired) electrons. The molecule has 0 aliphatic carbocycles. The molecule has 0 fully saturated rings. The summed E-state index contributed by atoms with van der Waals surface area (Å²) in [5.41, 5.74) is 0.947. The number of hydrogen-bond acceptors (Lipinski definition) is 1. The summed E-state index contributed by atoms with van der Waals surface area (Å²) in [6.45, 7) is 7.40. The van der Waals surface area contributed by atoms with Gasteiger partial charge in [0.2, 0.25) is 0 Å². The van der Waals surface area contributed by atoms with Crippen molar-refractivity contribution in [1.82, 2.24) is 0 Å². The second kappa shape index (κ2) is 7.66. The highest BCUT2D eigenvalue weighted by molar-refractivity contribution is 6.48. The third kappa shape index (κ3) is 4.52. The lowest BCUT2D eigenvalue weighted by molar-refractivity contribution is 0.295. The van der Waals surface area contributed by atoms with Crippen LogP contribution in [0, 0.1) is 12.7 Å². The van der Waals surface area contributed by atoms with Crippen LogP contribution in [0.3, 0.4) is 0 Å². The normalized spacial score (nSPS) is 9.38. The molecule has 0 saturated carbocycles. The lowest BCUT2D eigenvalue weighted by atomic mass is 10.1. The maximum atomic E-state index is 13.2. The quantitative estimate of drug-likeness (QED) is 0.841.